The van der Waals surface area contributed by atoms with Gasteiger partial charge in [0.05, 0.1) is 5.56 Å². The lowest BCUT2D eigenvalue weighted by Gasteiger charge is -2.01. The summed E-state index contributed by atoms with van der Waals surface area (Å²) in [6.45, 7) is 3.78. The van der Waals surface area contributed by atoms with Gasteiger partial charge in [-0.15, -0.1) is 0 Å². The third-order valence-electron chi connectivity index (χ3n) is 2.23. The van der Waals surface area contributed by atoms with E-state index in [2.05, 4.69) is 16.9 Å². The average Bonchev–Trinajstić information content (AvgIpc) is 2.39. The van der Waals surface area contributed by atoms with Gasteiger partial charge in [-0.05, 0) is 12.5 Å². The van der Waals surface area contributed by atoms with Crippen LogP contribution in [-0.2, 0) is 0 Å². The number of carbonyl (C=O) groups is 1. The van der Waals surface area contributed by atoms with Crippen molar-refractivity contribution in [2.75, 3.05) is 0 Å². The predicted octanol–water partition coefficient (Wildman–Crippen LogP) is 1.44. The number of nitrogens with one attached hydrogen (secondary N) is 1. The SMILES string of the molecule is [CH2]c1ccc(-c2ncc(C(=O)NO)cn2)cc1. The lowest BCUT2D eigenvalue weighted by molar-refractivity contribution is 0.0705. The van der Waals surface area contributed by atoms with Crippen molar-refractivity contribution in [2.24, 2.45) is 0 Å². The average molecular weight is 228 g/mol. The highest BCUT2D eigenvalue weighted by Gasteiger charge is 2.06. The fourth-order valence-electron chi connectivity index (χ4n) is 1.31. The number of amides is 1. The van der Waals surface area contributed by atoms with Gasteiger partial charge < -0.3 is 0 Å². The van der Waals surface area contributed by atoms with E-state index in [0.717, 1.165) is 11.1 Å². The van der Waals surface area contributed by atoms with Crippen LogP contribution in [-0.4, -0.2) is 21.1 Å². The zero-order valence-corrected chi connectivity index (χ0v) is 8.92. The van der Waals surface area contributed by atoms with E-state index in [1.54, 1.807) is 0 Å². The zero-order valence-electron chi connectivity index (χ0n) is 8.92. The molecule has 1 heterocycles. The van der Waals surface area contributed by atoms with Gasteiger partial charge in [0.2, 0.25) is 0 Å². The predicted molar refractivity (Wildman–Crippen MR) is 61.2 cm³/mol. The molecule has 0 atom stereocenters. The van der Waals surface area contributed by atoms with Gasteiger partial charge >= 0.3 is 0 Å². The summed E-state index contributed by atoms with van der Waals surface area (Å²) < 4.78 is 0. The summed E-state index contributed by atoms with van der Waals surface area (Å²) in [5.41, 5.74) is 3.47. The van der Waals surface area contributed by atoms with E-state index >= 15 is 0 Å². The summed E-state index contributed by atoms with van der Waals surface area (Å²) in [6, 6.07) is 7.41. The van der Waals surface area contributed by atoms with Gasteiger partial charge in [-0.1, -0.05) is 24.3 Å². The molecule has 0 fully saturated rings. The molecule has 0 spiro atoms. The molecule has 0 bridgehead atoms. The van der Waals surface area contributed by atoms with Crippen LogP contribution in [0, 0.1) is 6.92 Å². The Balaban J connectivity index is 2.29. The summed E-state index contributed by atoms with van der Waals surface area (Å²) >= 11 is 0. The Morgan fingerprint density at radius 1 is 1.18 bits per heavy atom. The minimum Gasteiger partial charge on any atom is -0.288 e. The minimum absolute atomic E-state index is 0.199. The first-order valence-electron chi connectivity index (χ1n) is 4.89. The Hall–Kier alpha value is -2.27. The second-order valence-corrected chi connectivity index (χ2v) is 3.43. The minimum atomic E-state index is -0.635. The molecule has 1 amide bonds. The maximum Gasteiger partial charge on any atom is 0.277 e. The molecular formula is C12H10N3O2. The number of nitrogens with zero attached hydrogens (tertiary/aromatic N) is 2. The molecule has 85 valence electrons. The fourth-order valence-corrected chi connectivity index (χ4v) is 1.31. The summed E-state index contributed by atoms with van der Waals surface area (Å²) in [5.74, 6) is -0.121. The van der Waals surface area contributed by atoms with Crippen LogP contribution >= 0.6 is 0 Å². The molecule has 1 aromatic heterocycles. The number of hydrogen-bond donors (Lipinski definition) is 2. The van der Waals surface area contributed by atoms with E-state index in [4.69, 9.17) is 5.21 Å². The Kier molecular flexibility index (Phi) is 3.11. The molecule has 1 aromatic carbocycles. The fraction of sp³-hybridized carbons (Fsp3) is 0. The zero-order chi connectivity index (χ0) is 12.3. The van der Waals surface area contributed by atoms with Gasteiger partial charge in [0, 0.05) is 18.0 Å². The first-order valence-corrected chi connectivity index (χ1v) is 4.89. The third kappa shape index (κ3) is 2.46. The summed E-state index contributed by atoms with van der Waals surface area (Å²) in [4.78, 5) is 19.1. The van der Waals surface area contributed by atoms with Crippen molar-refractivity contribution in [3.05, 3.63) is 54.7 Å². The number of carbonyl (C=O) groups excluding carboxylic acids is 1. The molecule has 0 saturated heterocycles. The second-order valence-electron chi connectivity index (χ2n) is 3.43. The molecular weight excluding hydrogens is 218 g/mol. The van der Waals surface area contributed by atoms with E-state index in [1.807, 2.05) is 24.3 Å². The van der Waals surface area contributed by atoms with Crippen molar-refractivity contribution in [1.29, 1.82) is 0 Å². The number of benzene rings is 1. The number of aromatic nitrogens is 2. The van der Waals surface area contributed by atoms with Gasteiger partial charge in [-0.3, -0.25) is 10.0 Å². The Morgan fingerprint density at radius 2 is 1.76 bits per heavy atom. The molecule has 0 saturated carbocycles. The molecule has 2 aromatic rings. The quantitative estimate of drug-likeness (QED) is 0.602. The highest BCUT2D eigenvalue weighted by atomic mass is 16.5. The van der Waals surface area contributed by atoms with Crippen LogP contribution in [0.3, 0.4) is 0 Å². The smallest absolute Gasteiger partial charge is 0.277 e. The van der Waals surface area contributed by atoms with Crippen molar-refractivity contribution >= 4 is 5.91 Å². The number of hydrogen-bond acceptors (Lipinski definition) is 4. The van der Waals surface area contributed by atoms with E-state index in [1.165, 1.54) is 17.9 Å². The lowest BCUT2D eigenvalue weighted by Crippen LogP contribution is -2.19. The number of rotatable bonds is 2. The van der Waals surface area contributed by atoms with E-state index in [9.17, 15) is 4.79 Å². The first-order chi connectivity index (χ1) is 8.20. The Labute approximate surface area is 98.1 Å². The van der Waals surface area contributed by atoms with E-state index in [0.29, 0.717) is 5.82 Å². The molecule has 2 rings (SSSR count). The van der Waals surface area contributed by atoms with Crippen LogP contribution in [0.4, 0.5) is 0 Å². The largest absolute Gasteiger partial charge is 0.288 e. The van der Waals surface area contributed by atoms with Gasteiger partial charge in [0.25, 0.3) is 5.91 Å². The number of hydroxylamine groups is 1. The van der Waals surface area contributed by atoms with Crippen molar-refractivity contribution in [3.8, 4) is 11.4 Å². The van der Waals surface area contributed by atoms with Crippen molar-refractivity contribution in [2.45, 2.75) is 0 Å². The maximum atomic E-state index is 11.1. The van der Waals surface area contributed by atoms with Crippen LogP contribution in [0.25, 0.3) is 11.4 Å². The second kappa shape index (κ2) is 4.71. The summed E-state index contributed by atoms with van der Waals surface area (Å²) in [7, 11) is 0. The Morgan fingerprint density at radius 3 is 2.29 bits per heavy atom. The van der Waals surface area contributed by atoms with Crippen molar-refractivity contribution in [1.82, 2.24) is 15.4 Å². The van der Waals surface area contributed by atoms with Crippen molar-refractivity contribution in [3.63, 3.8) is 0 Å². The first kappa shape index (κ1) is 11.2. The van der Waals surface area contributed by atoms with Crippen LogP contribution in [0.15, 0.2) is 36.7 Å². The van der Waals surface area contributed by atoms with Gasteiger partial charge in [0.15, 0.2) is 5.82 Å². The van der Waals surface area contributed by atoms with Crippen molar-refractivity contribution < 1.29 is 10.0 Å². The normalized spacial score (nSPS) is 10.0. The highest BCUT2D eigenvalue weighted by Crippen LogP contribution is 2.14. The molecule has 5 heteroatoms. The third-order valence-corrected chi connectivity index (χ3v) is 2.23. The maximum absolute atomic E-state index is 11.1. The topological polar surface area (TPSA) is 75.1 Å². The molecule has 2 N–H and O–H groups in total. The lowest BCUT2D eigenvalue weighted by atomic mass is 10.1. The van der Waals surface area contributed by atoms with Crippen LogP contribution in [0.5, 0.6) is 0 Å². The van der Waals surface area contributed by atoms with Gasteiger partial charge in [-0.2, -0.15) is 0 Å². The van der Waals surface area contributed by atoms with E-state index in [-0.39, 0.29) is 5.56 Å². The molecule has 5 nitrogen and oxygen atoms in total. The van der Waals surface area contributed by atoms with Crippen LogP contribution in [0.1, 0.15) is 15.9 Å². The molecule has 0 aliphatic rings. The summed E-state index contributed by atoms with van der Waals surface area (Å²) in [5, 5.41) is 8.44. The summed E-state index contributed by atoms with van der Waals surface area (Å²) in [6.07, 6.45) is 2.71. The molecule has 0 aliphatic carbocycles. The van der Waals surface area contributed by atoms with Crippen LogP contribution in [0.2, 0.25) is 0 Å². The molecule has 17 heavy (non-hydrogen) atoms. The molecule has 0 unspecified atom stereocenters. The highest BCUT2D eigenvalue weighted by molar-refractivity contribution is 5.92. The van der Waals surface area contributed by atoms with Crippen LogP contribution < -0.4 is 5.48 Å². The Bertz CT molecular complexity index is 520. The van der Waals surface area contributed by atoms with Gasteiger partial charge in [0.1, 0.15) is 0 Å². The standard InChI is InChI=1S/C12H10N3O2/c1-8-2-4-9(5-3-8)11-13-6-10(7-14-11)12(16)15-17/h2-7,17H,1H2,(H,15,16). The monoisotopic (exact) mass is 228 g/mol. The van der Waals surface area contributed by atoms with E-state index < -0.39 is 5.91 Å². The molecule has 1 radical (unpaired) electrons. The molecule has 0 aliphatic heterocycles. The van der Waals surface area contributed by atoms with Gasteiger partial charge in [-0.25, -0.2) is 15.4 Å².